The fraction of sp³-hybridized carbons (Fsp3) is 0.250. The molecule has 0 saturated heterocycles. The number of rotatable bonds is 3. The minimum atomic E-state index is -0.141. The summed E-state index contributed by atoms with van der Waals surface area (Å²) >= 11 is 3.49. The molecule has 0 saturated carbocycles. The van der Waals surface area contributed by atoms with Crippen LogP contribution in [0, 0.1) is 0 Å². The van der Waals surface area contributed by atoms with Gasteiger partial charge in [0.15, 0.2) is 0 Å². The summed E-state index contributed by atoms with van der Waals surface area (Å²) in [7, 11) is 0. The molecule has 1 aromatic carbocycles. The number of halogens is 1. The number of benzene rings is 1. The molecule has 84 valence electrons. The molecule has 1 aromatic heterocycles. The molecule has 1 atom stereocenters. The van der Waals surface area contributed by atoms with Gasteiger partial charge in [-0.25, -0.2) is 0 Å². The Morgan fingerprint density at radius 1 is 1.38 bits per heavy atom. The van der Waals surface area contributed by atoms with Gasteiger partial charge in [-0.2, -0.15) is 5.10 Å². The van der Waals surface area contributed by atoms with E-state index < -0.39 is 0 Å². The number of hydrogen-bond donors (Lipinski definition) is 1. The summed E-state index contributed by atoms with van der Waals surface area (Å²) in [4.78, 5) is 0. The monoisotopic (exact) mass is 279 g/mol. The fourth-order valence-electron chi connectivity index (χ4n) is 1.75. The quantitative estimate of drug-likeness (QED) is 0.939. The molecule has 0 aliphatic rings. The van der Waals surface area contributed by atoms with Gasteiger partial charge >= 0.3 is 0 Å². The van der Waals surface area contributed by atoms with E-state index in [0.717, 1.165) is 22.3 Å². The number of hydrogen-bond acceptors (Lipinski definition) is 2. The van der Waals surface area contributed by atoms with Crippen molar-refractivity contribution in [3.8, 4) is 0 Å². The van der Waals surface area contributed by atoms with Crippen LogP contribution < -0.4 is 5.73 Å². The number of aryl methyl sites for hydroxylation is 1. The van der Waals surface area contributed by atoms with Gasteiger partial charge in [-0.15, -0.1) is 0 Å². The van der Waals surface area contributed by atoms with Crippen LogP contribution in [-0.4, -0.2) is 9.78 Å². The largest absolute Gasteiger partial charge is 0.319 e. The standard InChI is InChI=1S/C12H14BrN3/c1-2-16-12(10(13)8-15-16)11(14)9-6-4-3-5-7-9/h3-8,11H,2,14H2,1H3. The van der Waals surface area contributed by atoms with Crippen LogP contribution in [0.15, 0.2) is 41.0 Å². The molecular weight excluding hydrogens is 266 g/mol. The first-order chi connectivity index (χ1) is 7.74. The van der Waals surface area contributed by atoms with Gasteiger partial charge in [0.2, 0.25) is 0 Å². The van der Waals surface area contributed by atoms with Gasteiger partial charge in [0.05, 0.1) is 22.4 Å². The van der Waals surface area contributed by atoms with E-state index in [1.807, 2.05) is 35.0 Å². The second kappa shape index (κ2) is 4.80. The SMILES string of the molecule is CCn1ncc(Br)c1C(N)c1ccccc1. The van der Waals surface area contributed by atoms with E-state index in [1.165, 1.54) is 0 Å². The van der Waals surface area contributed by atoms with Gasteiger partial charge in [0.1, 0.15) is 0 Å². The Hall–Kier alpha value is -1.13. The Kier molecular flexibility index (Phi) is 3.41. The van der Waals surface area contributed by atoms with Gasteiger partial charge in [-0.1, -0.05) is 30.3 Å². The van der Waals surface area contributed by atoms with E-state index in [2.05, 4.69) is 28.0 Å². The maximum Gasteiger partial charge on any atom is 0.0738 e. The lowest BCUT2D eigenvalue weighted by Gasteiger charge is -2.14. The van der Waals surface area contributed by atoms with Crippen molar-refractivity contribution in [2.75, 3.05) is 0 Å². The first-order valence-electron chi connectivity index (χ1n) is 5.25. The van der Waals surface area contributed by atoms with E-state index >= 15 is 0 Å². The summed E-state index contributed by atoms with van der Waals surface area (Å²) < 4.78 is 2.88. The Morgan fingerprint density at radius 3 is 2.69 bits per heavy atom. The van der Waals surface area contributed by atoms with Crippen LogP contribution in [0.3, 0.4) is 0 Å². The third kappa shape index (κ3) is 2.03. The lowest BCUT2D eigenvalue weighted by atomic mass is 10.1. The molecule has 0 bridgehead atoms. The second-order valence-electron chi connectivity index (χ2n) is 3.58. The molecule has 4 heteroatoms. The third-order valence-corrected chi connectivity index (χ3v) is 3.20. The summed E-state index contributed by atoms with van der Waals surface area (Å²) in [6, 6.07) is 9.90. The van der Waals surface area contributed by atoms with Crippen LogP contribution in [0.1, 0.15) is 24.2 Å². The minimum Gasteiger partial charge on any atom is -0.319 e. The molecule has 1 heterocycles. The zero-order chi connectivity index (χ0) is 11.5. The van der Waals surface area contributed by atoms with Gasteiger partial charge in [0, 0.05) is 6.54 Å². The highest BCUT2D eigenvalue weighted by Crippen LogP contribution is 2.26. The predicted molar refractivity (Wildman–Crippen MR) is 68.1 cm³/mol. The van der Waals surface area contributed by atoms with E-state index in [9.17, 15) is 0 Å². The topological polar surface area (TPSA) is 43.8 Å². The lowest BCUT2D eigenvalue weighted by molar-refractivity contribution is 0.599. The van der Waals surface area contributed by atoms with Crippen molar-refractivity contribution in [3.63, 3.8) is 0 Å². The molecule has 0 aliphatic carbocycles. The van der Waals surface area contributed by atoms with E-state index in [0.29, 0.717) is 0 Å². The van der Waals surface area contributed by atoms with Crippen LogP contribution in [0.4, 0.5) is 0 Å². The minimum absolute atomic E-state index is 0.141. The van der Waals surface area contributed by atoms with Gasteiger partial charge < -0.3 is 5.73 Å². The molecule has 0 amide bonds. The van der Waals surface area contributed by atoms with Crippen LogP contribution in [0.25, 0.3) is 0 Å². The molecular formula is C12H14BrN3. The second-order valence-corrected chi connectivity index (χ2v) is 4.44. The maximum absolute atomic E-state index is 6.25. The highest BCUT2D eigenvalue weighted by Gasteiger charge is 2.17. The highest BCUT2D eigenvalue weighted by molar-refractivity contribution is 9.10. The number of nitrogens with two attached hydrogens (primary N) is 1. The summed E-state index contributed by atoms with van der Waals surface area (Å²) in [6.07, 6.45) is 1.79. The average molecular weight is 280 g/mol. The van der Waals surface area contributed by atoms with Gasteiger partial charge in [-0.05, 0) is 28.4 Å². The van der Waals surface area contributed by atoms with Crippen LogP contribution in [0.5, 0.6) is 0 Å². The zero-order valence-corrected chi connectivity index (χ0v) is 10.7. The summed E-state index contributed by atoms with van der Waals surface area (Å²) in [6.45, 7) is 2.88. The van der Waals surface area contributed by atoms with Crippen molar-refractivity contribution in [2.24, 2.45) is 5.73 Å². The Labute approximate surface area is 103 Å². The van der Waals surface area contributed by atoms with Crippen molar-refractivity contribution in [1.82, 2.24) is 9.78 Å². The van der Waals surface area contributed by atoms with Crippen molar-refractivity contribution < 1.29 is 0 Å². The molecule has 0 spiro atoms. The molecule has 1 unspecified atom stereocenters. The van der Waals surface area contributed by atoms with Crippen molar-refractivity contribution in [2.45, 2.75) is 19.5 Å². The van der Waals surface area contributed by atoms with Gasteiger partial charge in [-0.3, -0.25) is 4.68 Å². The zero-order valence-electron chi connectivity index (χ0n) is 9.10. The predicted octanol–water partition coefficient (Wildman–Crippen LogP) is 2.71. The Morgan fingerprint density at radius 2 is 2.06 bits per heavy atom. The first kappa shape index (κ1) is 11.4. The average Bonchev–Trinajstić information content (AvgIpc) is 2.70. The Balaban J connectivity index is 2.41. The maximum atomic E-state index is 6.25. The normalized spacial score (nSPS) is 12.7. The highest BCUT2D eigenvalue weighted by atomic mass is 79.9. The molecule has 0 aliphatic heterocycles. The molecule has 3 nitrogen and oxygen atoms in total. The van der Waals surface area contributed by atoms with E-state index in [4.69, 9.17) is 5.73 Å². The number of nitrogens with zero attached hydrogens (tertiary/aromatic N) is 2. The van der Waals surface area contributed by atoms with Crippen LogP contribution >= 0.6 is 15.9 Å². The van der Waals surface area contributed by atoms with E-state index in [1.54, 1.807) is 6.20 Å². The Bertz CT molecular complexity index is 464. The summed E-state index contributed by atoms with van der Waals surface area (Å²) in [5.41, 5.74) is 8.36. The molecule has 0 fully saturated rings. The molecule has 2 aromatic rings. The van der Waals surface area contributed by atoms with Gasteiger partial charge in [0.25, 0.3) is 0 Å². The summed E-state index contributed by atoms with van der Waals surface area (Å²) in [5.74, 6) is 0. The smallest absolute Gasteiger partial charge is 0.0738 e. The van der Waals surface area contributed by atoms with E-state index in [-0.39, 0.29) is 6.04 Å². The fourth-order valence-corrected chi connectivity index (χ4v) is 2.29. The third-order valence-electron chi connectivity index (χ3n) is 2.59. The molecule has 2 rings (SSSR count). The molecule has 16 heavy (non-hydrogen) atoms. The van der Waals surface area contributed by atoms with Crippen molar-refractivity contribution in [1.29, 1.82) is 0 Å². The van der Waals surface area contributed by atoms with Crippen molar-refractivity contribution in [3.05, 3.63) is 52.3 Å². The van der Waals surface area contributed by atoms with Crippen LogP contribution in [-0.2, 0) is 6.54 Å². The van der Waals surface area contributed by atoms with Crippen molar-refractivity contribution >= 4 is 15.9 Å². The molecule has 0 radical (unpaired) electrons. The molecule has 2 N–H and O–H groups in total. The lowest BCUT2D eigenvalue weighted by Crippen LogP contribution is -2.17. The first-order valence-corrected chi connectivity index (χ1v) is 6.05. The number of aromatic nitrogens is 2. The van der Waals surface area contributed by atoms with Crippen LogP contribution in [0.2, 0.25) is 0 Å². The summed E-state index contributed by atoms with van der Waals surface area (Å²) in [5, 5.41) is 4.27.